The van der Waals surface area contributed by atoms with Crippen molar-refractivity contribution < 1.29 is 99.5 Å². The molecule has 0 bridgehead atoms. The molecule has 272 valence electrons. The summed E-state index contributed by atoms with van der Waals surface area (Å²) in [5.41, 5.74) is 0. The van der Waals surface area contributed by atoms with Crippen molar-refractivity contribution in [3.8, 4) is 0 Å². The first-order chi connectivity index (χ1) is 21.7. The molecule has 0 spiro atoms. The van der Waals surface area contributed by atoms with E-state index in [0.29, 0.717) is 6.42 Å². The maximum Gasteiger partial charge on any atom is 0.187 e. The van der Waals surface area contributed by atoms with Gasteiger partial charge in [0.25, 0.3) is 0 Å². The van der Waals surface area contributed by atoms with Crippen LogP contribution in [0.15, 0.2) is 0 Å². The topological polar surface area (TPSA) is 328 Å². The highest BCUT2D eigenvalue weighted by Crippen LogP contribution is 2.33. The Balaban J connectivity index is 0.000000441. The summed E-state index contributed by atoms with van der Waals surface area (Å²) in [5.74, 6) is 0. The molecule has 4 saturated heterocycles. The Morgan fingerprint density at radius 3 is 1.35 bits per heavy atom. The van der Waals surface area contributed by atoms with Crippen LogP contribution in [0.4, 0.5) is 0 Å². The van der Waals surface area contributed by atoms with Gasteiger partial charge in [0, 0.05) is 13.5 Å². The van der Waals surface area contributed by atoms with E-state index >= 15 is 0 Å². The lowest BCUT2D eigenvalue weighted by molar-refractivity contribution is -0.392. The minimum atomic E-state index is -1.86. The van der Waals surface area contributed by atoms with E-state index in [0.717, 1.165) is 0 Å². The van der Waals surface area contributed by atoms with Crippen molar-refractivity contribution in [1.82, 2.24) is 0 Å². The van der Waals surface area contributed by atoms with Crippen LogP contribution >= 0.6 is 0 Å². The molecular formula is C26H48O20. The molecule has 20 heteroatoms. The first-order valence-corrected chi connectivity index (χ1v) is 14.8. The largest absolute Gasteiger partial charge is 0.394 e. The van der Waals surface area contributed by atoms with Crippen LogP contribution in [0.1, 0.15) is 13.3 Å². The predicted molar refractivity (Wildman–Crippen MR) is 144 cm³/mol. The second-order valence-corrected chi connectivity index (χ2v) is 11.5. The van der Waals surface area contributed by atoms with E-state index in [9.17, 15) is 61.3 Å². The van der Waals surface area contributed by atoms with Crippen LogP contribution in [0, 0.1) is 0 Å². The number of methoxy groups -OCH3 is 1. The Hall–Kier alpha value is -0.800. The number of hydrogen-bond acceptors (Lipinski definition) is 20. The van der Waals surface area contributed by atoms with Gasteiger partial charge in [-0.25, -0.2) is 0 Å². The zero-order chi connectivity index (χ0) is 34.5. The molecular weight excluding hydrogens is 632 g/mol. The molecule has 4 fully saturated rings. The molecule has 0 saturated carbocycles. The van der Waals surface area contributed by atoms with Crippen LogP contribution < -0.4 is 0 Å². The fourth-order valence-electron chi connectivity index (χ4n) is 5.50. The van der Waals surface area contributed by atoms with Crippen LogP contribution in [0.3, 0.4) is 0 Å². The Labute approximate surface area is 263 Å². The van der Waals surface area contributed by atoms with Crippen molar-refractivity contribution >= 4 is 0 Å². The molecule has 0 aromatic rings. The Morgan fingerprint density at radius 1 is 0.478 bits per heavy atom. The molecule has 0 aromatic carbocycles. The van der Waals surface area contributed by atoms with Crippen molar-refractivity contribution in [2.24, 2.45) is 0 Å². The van der Waals surface area contributed by atoms with Gasteiger partial charge in [0.1, 0.15) is 85.5 Å². The van der Waals surface area contributed by atoms with Crippen molar-refractivity contribution in [3.63, 3.8) is 0 Å². The number of ether oxygens (including phenoxy) is 7. The summed E-state index contributed by atoms with van der Waals surface area (Å²) in [6.07, 6.45) is -26.2. The Kier molecular flexibility index (Phi) is 15.3. The number of aliphatic hydroxyl groups is 13. The van der Waals surface area contributed by atoms with Gasteiger partial charge in [-0.1, -0.05) is 0 Å². The fourth-order valence-corrected chi connectivity index (χ4v) is 5.50. The van der Waals surface area contributed by atoms with Crippen LogP contribution in [0.25, 0.3) is 0 Å². The molecule has 0 radical (unpaired) electrons. The molecule has 4 rings (SSSR count). The van der Waals surface area contributed by atoms with Crippen LogP contribution in [-0.4, -0.2) is 216 Å². The number of rotatable bonds is 9. The molecule has 19 atom stereocenters. The maximum atomic E-state index is 10.7. The zero-order valence-electron chi connectivity index (χ0n) is 25.2. The molecule has 4 aliphatic heterocycles. The predicted octanol–water partition coefficient (Wildman–Crippen LogP) is -8.04. The lowest BCUT2D eigenvalue weighted by atomic mass is 9.96. The summed E-state index contributed by atoms with van der Waals surface area (Å²) >= 11 is 0. The van der Waals surface area contributed by atoms with Crippen molar-refractivity contribution in [3.05, 3.63) is 0 Å². The van der Waals surface area contributed by atoms with Crippen LogP contribution in [0.5, 0.6) is 0 Å². The molecule has 19 unspecified atom stereocenters. The number of hydrogen-bond donors (Lipinski definition) is 13. The third-order valence-corrected chi connectivity index (χ3v) is 8.25. The smallest absolute Gasteiger partial charge is 0.187 e. The fraction of sp³-hybridized carbons (Fsp3) is 1.00. The van der Waals surface area contributed by atoms with Crippen LogP contribution in [0.2, 0.25) is 0 Å². The van der Waals surface area contributed by atoms with E-state index in [1.165, 1.54) is 7.11 Å². The van der Waals surface area contributed by atoms with E-state index in [1.54, 1.807) is 6.92 Å². The average Bonchev–Trinajstić information content (AvgIpc) is 3.04. The highest BCUT2D eigenvalue weighted by molar-refractivity contribution is 4.96. The van der Waals surface area contributed by atoms with Gasteiger partial charge in [-0.3, -0.25) is 0 Å². The minimum Gasteiger partial charge on any atom is -0.394 e. The first-order valence-electron chi connectivity index (χ1n) is 14.8. The maximum absolute atomic E-state index is 10.7. The van der Waals surface area contributed by atoms with Gasteiger partial charge < -0.3 is 99.5 Å². The first kappa shape index (κ1) is 39.6. The molecule has 46 heavy (non-hydrogen) atoms. The van der Waals surface area contributed by atoms with Gasteiger partial charge in [0.15, 0.2) is 18.9 Å². The molecule has 0 aliphatic carbocycles. The summed E-state index contributed by atoms with van der Waals surface area (Å²) in [6, 6.07) is 0. The summed E-state index contributed by atoms with van der Waals surface area (Å²) < 4.78 is 37.6. The normalized spacial score (nSPS) is 50.0. The summed E-state index contributed by atoms with van der Waals surface area (Å²) in [4.78, 5) is 0. The molecule has 4 aliphatic rings. The second-order valence-electron chi connectivity index (χ2n) is 11.5. The monoisotopic (exact) mass is 680 g/mol. The molecule has 0 aromatic heterocycles. The van der Waals surface area contributed by atoms with Crippen molar-refractivity contribution in [2.45, 2.75) is 130 Å². The summed E-state index contributed by atoms with van der Waals surface area (Å²) in [5, 5.41) is 127. The minimum absolute atomic E-state index is 0.0921. The van der Waals surface area contributed by atoms with E-state index in [1.807, 2.05) is 0 Å². The van der Waals surface area contributed by atoms with Gasteiger partial charge in [-0.2, -0.15) is 0 Å². The molecule has 4 heterocycles. The highest BCUT2D eigenvalue weighted by atomic mass is 16.8. The van der Waals surface area contributed by atoms with Gasteiger partial charge in [-0.15, -0.1) is 0 Å². The van der Waals surface area contributed by atoms with Crippen molar-refractivity contribution in [2.75, 3.05) is 33.5 Å². The van der Waals surface area contributed by atoms with Gasteiger partial charge in [0.05, 0.1) is 38.6 Å². The Morgan fingerprint density at radius 2 is 0.870 bits per heavy atom. The van der Waals surface area contributed by atoms with E-state index in [2.05, 4.69) is 0 Å². The third kappa shape index (κ3) is 8.86. The number of aliphatic hydroxyl groups excluding tert-OH is 13. The van der Waals surface area contributed by atoms with E-state index in [4.69, 9.17) is 38.3 Å². The zero-order valence-corrected chi connectivity index (χ0v) is 25.2. The lowest BCUT2D eigenvalue weighted by Gasteiger charge is -2.48. The SMILES string of the molecule is CC1CC(O)C(O)C(CO)O1.COC1OC(CO)C(O)C(O)C1OC1OC(CO)C(O)C(O)C1OC1OC(CO)C(O)C(O)C1O. The molecule has 13 N–H and O–H groups in total. The average molecular weight is 681 g/mol. The quantitative estimate of drug-likeness (QED) is 0.107. The Bertz CT molecular complexity index is 884. The summed E-state index contributed by atoms with van der Waals surface area (Å²) in [7, 11) is 1.19. The van der Waals surface area contributed by atoms with Gasteiger partial charge in [0.2, 0.25) is 0 Å². The lowest BCUT2D eigenvalue weighted by Crippen LogP contribution is -2.67. The molecule has 20 nitrogen and oxygen atoms in total. The summed E-state index contributed by atoms with van der Waals surface area (Å²) in [6.45, 7) is -0.613. The van der Waals surface area contributed by atoms with Crippen molar-refractivity contribution in [1.29, 1.82) is 0 Å². The van der Waals surface area contributed by atoms with Crippen LogP contribution in [-0.2, 0) is 33.2 Å². The standard InChI is InChI=1S/C19H34O16.C7H14O4/c1-30-18-15(12(27)9(24)6(3-21)32-18)35-19-16(13(28)10(25)7(4-22)33-19)34-17-14(29)11(26)8(23)5(2-20)31-17;1-4-2-5(9)7(10)6(3-8)11-4/h5-29H,2-4H2,1H3;4-10H,2-3H2,1H3. The van der Waals surface area contributed by atoms with E-state index < -0.39 is 130 Å². The van der Waals surface area contributed by atoms with E-state index in [-0.39, 0.29) is 12.7 Å². The van der Waals surface area contributed by atoms with Gasteiger partial charge >= 0.3 is 0 Å². The third-order valence-electron chi connectivity index (χ3n) is 8.25. The molecule has 0 amide bonds. The highest BCUT2D eigenvalue weighted by Gasteiger charge is 2.54. The van der Waals surface area contributed by atoms with Gasteiger partial charge in [-0.05, 0) is 6.92 Å². The second kappa shape index (κ2) is 17.7.